The van der Waals surface area contributed by atoms with Gasteiger partial charge in [-0.1, -0.05) is 46.9 Å². The maximum absolute atomic E-state index is 12.2. The van der Waals surface area contributed by atoms with E-state index in [1.807, 2.05) is 0 Å². The van der Waals surface area contributed by atoms with E-state index in [0.717, 1.165) is 5.56 Å². The molecule has 1 aromatic carbocycles. The van der Waals surface area contributed by atoms with Crippen LogP contribution in [0.25, 0.3) is 0 Å². The van der Waals surface area contributed by atoms with Gasteiger partial charge < -0.3 is 10.4 Å². The van der Waals surface area contributed by atoms with Gasteiger partial charge in [0.1, 0.15) is 10.3 Å². The lowest BCUT2D eigenvalue weighted by Crippen LogP contribution is -2.30. The predicted octanol–water partition coefficient (Wildman–Crippen LogP) is 3.51. The molecule has 0 aliphatic heterocycles. The van der Waals surface area contributed by atoms with Crippen molar-refractivity contribution >= 4 is 40.7 Å². The van der Waals surface area contributed by atoms with E-state index in [-0.39, 0.29) is 22.5 Å². The van der Waals surface area contributed by atoms with E-state index in [9.17, 15) is 9.90 Å². The van der Waals surface area contributed by atoms with Crippen LogP contribution >= 0.6 is 34.8 Å². The highest BCUT2D eigenvalue weighted by Gasteiger charge is 2.16. The predicted molar refractivity (Wildman–Crippen MR) is 83.0 cm³/mol. The minimum Gasteiger partial charge on any atom is -0.394 e. The Hall–Kier alpha value is -1.33. The van der Waals surface area contributed by atoms with Crippen molar-refractivity contribution in [3.63, 3.8) is 0 Å². The number of aliphatic hydroxyl groups is 1. The van der Waals surface area contributed by atoms with Crippen molar-refractivity contribution in [2.75, 3.05) is 6.61 Å². The average Bonchev–Trinajstić information content (AvgIpc) is 2.44. The van der Waals surface area contributed by atoms with Crippen molar-refractivity contribution < 1.29 is 9.90 Å². The zero-order valence-electron chi connectivity index (χ0n) is 10.7. The fourth-order valence-corrected chi connectivity index (χ4v) is 2.35. The quantitative estimate of drug-likeness (QED) is 0.834. The molecule has 2 N–H and O–H groups in total. The van der Waals surface area contributed by atoms with E-state index in [4.69, 9.17) is 34.8 Å². The molecule has 2 rings (SSSR count). The van der Waals surface area contributed by atoms with Crippen molar-refractivity contribution in [2.45, 2.75) is 6.04 Å². The van der Waals surface area contributed by atoms with Gasteiger partial charge in [0.05, 0.1) is 12.6 Å². The average molecular weight is 346 g/mol. The van der Waals surface area contributed by atoms with Crippen LogP contribution in [0.5, 0.6) is 0 Å². The number of hydrogen-bond donors (Lipinski definition) is 2. The molecule has 0 spiro atoms. The Morgan fingerprint density at radius 1 is 1.14 bits per heavy atom. The standard InChI is InChI=1S/C14H11Cl3N2O2/c15-10-3-1-8(2-4-10)11(7-20)18-14(21)9-5-12(16)19-13(17)6-9/h1-6,11,20H,7H2,(H,18,21). The van der Waals surface area contributed by atoms with Crippen molar-refractivity contribution in [1.82, 2.24) is 10.3 Å². The number of aliphatic hydroxyl groups excluding tert-OH is 1. The molecule has 4 nitrogen and oxygen atoms in total. The monoisotopic (exact) mass is 344 g/mol. The van der Waals surface area contributed by atoms with Crippen LogP contribution < -0.4 is 5.32 Å². The third kappa shape index (κ3) is 4.32. The third-order valence-electron chi connectivity index (χ3n) is 2.79. The van der Waals surface area contributed by atoms with E-state index >= 15 is 0 Å². The molecule has 0 radical (unpaired) electrons. The minimum atomic E-state index is -0.555. The Labute approximate surface area is 136 Å². The zero-order chi connectivity index (χ0) is 15.4. The van der Waals surface area contributed by atoms with Crippen LogP contribution in [0.1, 0.15) is 22.0 Å². The van der Waals surface area contributed by atoms with Crippen LogP contribution in [-0.2, 0) is 0 Å². The summed E-state index contributed by atoms with van der Waals surface area (Å²) in [7, 11) is 0. The summed E-state index contributed by atoms with van der Waals surface area (Å²) >= 11 is 17.3. The molecule has 0 saturated carbocycles. The number of pyridine rings is 1. The second kappa shape index (κ2) is 7.09. The van der Waals surface area contributed by atoms with Crippen molar-refractivity contribution in [3.8, 4) is 0 Å². The minimum absolute atomic E-state index is 0.125. The molecule has 1 atom stereocenters. The summed E-state index contributed by atoms with van der Waals surface area (Å²) in [6, 6.07) is 9.09. The first kappa shape index (κ1) is 16.0. The van der Waals surface area contributed by atoms with E-state index in [1.165, 1.54) is 12.1 Å². The van der Waals surface area contributed by atoms with Gasteiger partial charge in [-0.2, -0.15) is 0 Å². The summed E-state index contributed by atoms with van der Waals surface area (Å²) in [6.45, 7) is -0.250. The number of benzene rings is 1. The number of halogens is 3. The van der Waals surface area contributed by atoms with E-state index in [0.29, 0.717) is 5.02 Å². The van der Waals surface area contributed by atoms with Crippen molar-refractivity contribution in [2.24, 2.45) is 0 Å². The normalized spacial score (nSPS) is 12.0. The SMILES string of the molecule is O=C(NC(CO)c1ccc(Cl)cc1)c1cc(Cl)nc(Cl)c1. The third-order valence-corrected chi connectivity index (χ3v) is 3.42. The molecule has 0 aliphatic rings. The van der Waals surface area contributed by atoms with E-state index in [2.05, 4.69) is 10.3 Å². The van der Waals surface area contributed by atoms with Crippen LogP contribution in [0, 0.1) is 0 Å². The van der Waals surface area contributed by atoms with Crippen LogP contribution in [0.4, 0.5) is 0 Å². The lowest BCUT2D eigenvalue weighted by molar-refractivity contribution is 0.0916. The number of nitrogens with zero attached hydrogens (tertiary/aromatic N) is 1. The second-order valence-electron chi connectivity index (χ2n) is 4.26. The molecule has 1 aromatic heterocycles. The van der Waals surface area contributed by atoms with Gasteiger partial charge in [0, 0.05) is 10.6 Å². The molecular weight excluding hydrogens is 335 g/mol. The molecule has 0 fully saturated rings. The Morgan fingerprint density at radius 2 is 1.71 bits per heavy atom. The molecule has 21 heavy (non-hydrogen) atoms. The van der Waals surface area contributed by atoms with Crippen LogP contribution in [-0.4, -0.2) is 22.6 Å². The van der Waals surface area contributed by atoms with Crippen molar-refractivity contribution in [3.05, 3.63) is 62.9 Å². The van der Waals surface area contributed by atoms with Gasteiger partial charge in [0.25, 0.3) is 5.91 Å². The topological polar surface area (TPSA) is 62.2 Å². The zero-order valence-corrected chi connectivity index (χ0v) is 13.0. The number of nitrogens with one attached hydrogen (secondary N) is 1. The molecule has 0 saturated heterocycles. The fourth-order valence-electron chi connectivity index (χ4n) is 1.77. The van der Waals surface area contributed by atoms with E-state index in [1.54, 1.807) is 24.3 Å². The summed E-state index contributed by atoms with van der Waals surface area (Å²) < 4.78 is 0. The molecule has 1 heterocycles. The largest absolute Gasteiger partial charge is 0.394 e. The summed E-state index contributed by atoms with van der Waals surface area (Å²) in [5, 5.41) is 13.0. The first-order valence-electron chi connectivity index (χ1n) is 6.00. The number of carbonyl (C=O) groups excluding carboxylic acids is 1. The van der Waals surface area contributed by atoms with Crippen LogP contribution in [0.3, 0.4) is 0 Å². The smallest absolute Gasteiger partial charge is 0.252 e. The van der Waals surface area contributed by atoms with Gasteiger partial charge >= 0.3 is 0 Å². The van der Waals surface area contributed by atoms with Gasteiger partial charge in [0.2, 0.25) is 0 Å². The number of carbonyl (C=O) groups is 1. The van der Waals surface area contributed by atoms with Crippen LogP contribution in [0.2, 0.25) is 15.3 Å². The Morgan fingerprint density at radius 3 is 2.24 bits per heavy atom. The van der Waals surface area contributed by atoms with Crippen LogP contribution in [0.15, 0.2) is 36.4 Å². The lowest BCUT2D eigenvalue weighted by atomic mass is 10.1. The maximum atomic E-state index is 12.2. The van der Waals surface area contributed by atoms with Gasteiger partial charge in [-0.15, -0.1) is 0 Å². The highest BCUT2D eigenvalue weighted by Crippen LogP contribution is 2.18. The first-order chi connectivity index (χ1) is 9.99. The maximum Gasteiger partial charge on any atom is 0.252 e. The first-order valence-corrected chi connectivity index (χ1v) is 7.13. The lowest BCUT2D eigenvalue weighted by Gasteiger charge is -2.17. The summed E-state index contributed by atoms with van der Waals surface area (Å²) in [5.74, 6) is -0.407. The number of rotatable bonds is 4. The molecule has 0 aliphatic carbocycles. The fraction of sp³-hybridized carbons (Fsp3) is 0.143. The highest BCUT2D eigenvalue weighted by molar-refractivity contribution is 6.33. The second-order valence-corrected chi connectivity index (χ2v) is 5.47. The van der Waals surface area contributed by atoms with Crippen molar-refractivity contribution in [1.29, 1.82) is 0 Å². The molecule has 110 valence electrons. The molecule has 7 heteroatoms. The molecule has 2 aromatic rings. The van der Waals surface area contributed by atoms with Gasteiger partial charge in [-0.05, 0) is 29.8 Å². The van der Waals surface area contributed by atoms with Gasteiger partial charge in [0.15, 0.2) is 0 Å². The summed E-state index contributed by atoms with van der Waals surface area (Å²) in [4.78, 5) is 15.9. The van der Waals surface area contributed by atoms with E-state index < -0.39 is 11.9 Å². The summed E-state index contributed by atoms with van der Waals surface area (Å²) in [5.41, 5.74) is 1.01. The summed E-state index contributed by atoms with van der Waals surface area (Å²) in [6.07, 6.45) is 0. The number of amides is 1. The number of hydrogen-bond acceptors (Lipinski definition) is 3. The van der Waals surface area contributed by atoms with Gasteiger partial charge in [-0.25, -0.2) is 4.98 Å². The number of aromatic nitrogens is 1. The van der Waals surface area contributed by atoms with Gasteiger partial charge in [-0.3, -0.25) is 4.79 Å². The highest BCUT2D eigenvalue weighted by atomic mass is 35.5. The Kier molecular flexibility index (Phi) is 5.42. The molecule has 1 unspecified atom stereocenters. The Balaban J connectivity index is 2.18. The molecule has 1 amide bonds. The molecule has 0 bridgehead atoms. The molecular formula is C14H11Cl3N2O2. The Bertz CT molecular complexity index is 627.